The highest BCUT2D eigenvalue weighted by Crippen LogP contribution is 2.37. The fourth-order valence-electron chi connectivity index (χ4n) is 3.08. The van der Waals surface area contributed by atoms with Crippen LogP contribution < -0.4 is 0 Å². The third kappa shape index (κ3) is 1.84. The Hall–Kier alpha value is -1.64. The van der Waals surface area contributed by atoms with E-state index in [9.17, 15) is 9.18 Å². The normalized spacial score (nSPS) is 17.6. The highest BCUT2D eigenvalue weighted by atomic mass is 19.1. The molecule has 2 nitrogen and oxygen atoms in total. The van der Waals surface area contributed by atoms with Crippen molar-refractivity contribution in [3.63, 3.8) is 0 Å². The van der Waals surface area contributed by atoms with E-state index in [1.54, 1.807) is 6.07 Å². The number of Topliss-reactive ketones (excluding diaryl/α,β-unsaturated/α-hetero) is 1. The van der Waals surface area contributed by atoms with Crippen LogP contribution in [0.1, 0.15) is 42.9 Å². The van der Waals surface area contributed by atoms with Crippen LogP contribution >= 0.6 is 0 Å². The standard InChI is InChI=1S/C15H16FNO/c1-9-15(10-2-5-12(18)6-3-10)13-7-4-11(16)8-14(13)17-9/h4,7-8,10,17H,2-3,5-6H2,1H3. The van der Waals surface area contributed by atoms with Gasteiger partial charge in [0.1, 0.15) is 11.6 Å². The van der Waals surface area contributed by atoms with Crippen molar-refractivity contribution in [2.45, 2.75) is 38.5 Å². The predicted octanol–water partition coefficient (Wildman–Crippen LogP) is 3.84. The van der Waals surface area contributed by atoms with Gasteiger partial charge in [0, 0.05) is 29.4 Å². The van der Waals surface area contributed by atoms with Gasteiger partial charge in [-0.25, -0.2) is 4.39 Å². The van der Waals surface area contributed by atoms with Crippen LogP contribution in [0.25, 0.3) is 10.9 Å². The molecule has 1 fully saturated rings. The summed E-state index contributed by atoms with van der Waals surface area (Å²) in [6.45, 7) is 2.03. The Morgan fingerprint density at radius 3 is 2.72 bits per heavy atom. The molecule has 94 valence electrons. The molecule has 18 heavy (non-hydrogen) atoms. The summed E-state index contributed by atoms with van der Waals surface area (Å²) in [4.78, 5) is 14.6. The molecule has 0 bridgehead atoms. The first-order valence-electron chi connectivity index (χ1n) is 6.44. The zero-order chi connectivity index (χ0) is 12.7. The minimum Gasteiger partial charge on any atom is -0.358 e. The first-order chi connectivity index (χ1) is 8.65. The quantitative estimate of drug-likeness (QED) is 0.813. The highest BCUT2D eigenvalue weighted by molar-refractivity contribution is 5.86. The van der Waals surface area contributed by atoms with Gasteiger partial charge in [-0.2, -0.15) is 0 Å². The molecule has 0 amide bonds. The molecule has 0 radical (unpaired) electrons. The molecule has 1 aliphatic carbocycles. The van der Waals surface area contributed by atoms with Crippen molar-refractivity contribution in [2.24, 2.45) is 0 Å². The number of benzene rings is 1. The van der Waals surface area contributed by atoms with Gasteiger partial charge in [0.15, 0.2) is 0 Å². The topological polar surface area (TPSA) is 32.9 Å². The molecule has 0 atom stereocenters. The van der Waals surface area contributed by atoms with Crippen molar-refractivity contribution in [2.75, 3.05) is 0 Å². The maximum atomic E-state index is 13.2. The average Bonchev–Trinajstić information content (AvgIpc) is 2.65. The lowest BCUT2D eigenvalue weighted by atomic mass is 9.82. The van der Waals surface area contributed by atoms with E-state index in [2.05, 4.69) is 4.98 Å². The van der Waals surface area contributed by atoms with Gasteiger partial charge in [0.2, 0.25) is 0 Å². The molecule has 1 aromatic heterocycles. The molecule has 1 heterocycles. The smallest absolute Gasteiger partial charge is 0.132 e. The predicted molar refractivity (Wildman–Crippen MR) is 69.2 cm³/mol. The molecule has 1 aromatic carbocycles. The Morgan fingerprint density at radius 2 is 2.00 bits per heavy atom. The highest BCUT2D eigenvalue weighted by Gasteiger charge is 2.24. The van der Waals surface area contributed by atoms with Crippen LogP contribution in [0.5, 0.6) is 0 Å². The Bertz CT molecular complexity index is 604. The number of halogens is 1. The van der Waals surface area contributed by atoms with Crippen LogP contribution in [0.15, 0.2) is 18.2 Å². The minimum absolute atomic E-state index is 0.214. The Kier molecular flexibility index (Phi) is 2.69. The Balaban J connectivity index is 2.05. The van der Waals surface area contributed by atoms with E-state index in [0.717, 1.165) is 29.4 Å². The Labute approximate surface area is 105 Å². The number of hydrogen-bond acceptors (Lipinski definition) is 1. The average molecular weight is 245 g/mol. The molecule has 2 aromatic rings. The largest absolute Gasteiger partial charge is 0.358 e. The molecular weight excluding hydrogens is 229 g/mol. The Morgan fingerprint density at radius 1 is 1.28 bits per heavy atom. The lowest BCUT2D eigenvalue weighted by Gasteiger charge is -2.21. The van der Waals surface area contributed by atoms with Crippen molar-refractivity contribution in [3.05, 3.63) is 35.3 Å². The third-order valence-corrected chi connectivity index (χ3v) is 3.95. The summed E-state index contributed by atoms with van der Waals surface area (Å²) in [5.41, 5.74) is 3.24. The molecule has 1 N–H and O–H groups in total. The van der Waals surface area contributed by atoms with Crippen LogP contribution in [0, 0.1) is 12.7 Å². The number of rotatable bonds is 1. The van der Waals surface area contributed by atoms with E-state index >= 15 is 0 Å². The monoisotopic (exact) mass is 245 g/mol. The lowest BCUT2D eigenvalue weighted by molar-refractivity contribution is -0.120. The SMILES string of the molecule is Cc1[nH]c2cc(F)ccc2c1C1CCC(=O)CC1. The maximum Gasteiger partial charge on any atom is 0.132 e. The summed E-state index contributed by atoms with van der Waals surface area (Å²) in [5.74, 6) is 0.589. The molecule has 0 unspecified atom stereocenters. The maximum absolute atomic E-state index is 13.2. The molecular formula is C15H16FNO. The summed E-state index contributed by atoms with van der Waals surface area (Å²) in [6.07, 6.45) is 3.20. The van der Waals surface area contributed by atoms with Gasteiger partial charge in [-0.3, -0.25) is 4.79 Å². The van der Waals surface area contributed by atoms with Crippen molar-refractivity contribution in [3.8, 4) is 0 Å². The number of aromatic nitrogens is 1. The number of carbonyl (C=O) groups is 1. The molecule has 0 aliphatic heterocycles. The fraction of sp³-hybridized carbons (Fsp3) is 0.400. The molecule has 0 spiro atoms. The minimum atomic E-state index is -0.214. The van der Waals surface area contributed by atoms with Crippen LogP contribution in [-0.4, -0.2) is 10.8 Å². The van der Waals surface area contributed by atoms with Gasteiger partial charge in [-0.05, 0) is 49.4 Å². The number of fused-ring (bicyclic) bond motifs is 1. The number of aryl methyl sites for hydroxylation is 1. The summed E-state index contributed by atoms with van der Waals surface area (Å²) in [5, 5.41) is 1.10. The number of aromatic amines is 1. The van der Waals surface area contributed by atoms with Gasteiger partial charge in [-0.15, -0.1) is 0 Å². The molecule has 0 saturated heterocycles. The van der Waals surface area contributed by atoms with E-state index in [-0.39, 0.29) is 5.82 Å². The first kappa shape index (κ1) is 11.5. The van der Waals surface area contributed by atoms with E-state index in [1.807, 2.05) is 13.0 Å². The second-order valence-corrected chi connectivity index (χ2v) is 5.17. The van der Waals surface area contributed by atoms with Crippen molar-refractivity contribution >= 4 is 16.7 Å². The van der Waals surface area contributed by atoms with Gasteiger partial charge in [0.25, 0.3) is 0 Å². The first-order valence-corrected chi connectivity index (χ1v) is 6.44. The van der Waals surface area contributed by atoms with Gasteiger partial charge in [-0.1, -0.05) is 0 Å². The second-order valence-electron chi connectivity index (χ2n) is 5.17. The number of nitrogens with one attached hydrogen (secondary N) is 1. The van der Waals surface area contributed by atoms with Crippen LogP contribution in [0.3, 0.4) is 0 Å². The van der Waals surface area contributed by atoms with E-state index in [4.69, 9.17) is 0 Å². The molecule has 3 rings (SSSR count). The van der Waals surface area contributed by atoms with Crippen LogP contribution in [0.4, 0.5) is 4.39 Å². The van der Waals surface area contributed by atoms with Gasteiger partial charge in [0.05, 0.1) is 0 Å². The fourth-order valence-corrected chi connectivity index (χ4v) is 3.08. The number of H-pyrrole nitrogens is 1. The third-order valence-electron chi connectivity index (χ3n) is 3.95. The molecule has 3 heteroatoms. The summed E-state index contributed by atoms with van der Waals surface area (Å²) < 4.78 is 13.2. The van der Waals surface area contributed by atoms with Crippen LogP contribution in [0.2, 0.25) is 0 Å². The van der Waals surface area contributed by atoms with E-state index in [0.29, 0.717) is 24.5 Å². The lowest BCUT2D eigenvalue weighted by Crippen LogP contribution is -2.12. The van der Waals surface area contributed by atoms with Crippen molar-refractivity contribution in [1.29, 1.82) is 0 Å². The molecule has 1 saturated carbocycles. The molecule has 1 aliphatic rings. The number of carbonyl (C=O) groups excluding carboxylic acids is 1. The van der Waals surface area contributed by atoms with E-state index < -0.39 is 0 Å². The van der Waals surface area contributed by atoms with Crippen LogP contribution in [-0.2, 0) is 4.79 Å². The van der Waals surface area contributed by atoms with E-state index in [1.165, 1.54) is 11.6 Å². The number of ketones is 1. The zero-order valence-corrected chi connectivity index (χ0v) is 10.4. The second kappa shape index (κ2) is 4.23. The van der Waals surface area contributed by atoms with Gasteiger partial charge >= 0.3 is 0 Å². The number of hydrogen-bond donors (Lipinski definition) is 1. The zero-order valence-electron chi connectivity index (χ0n) is 10.4. The summed E-state index contributed by atoms with van der Waals surface area (Å²) in [7, 11) is 0. The summed E-state index contributed by atoms with van der Waals surface area (Å²) >= 11 is 0. The van der Waals surface area contributed by atoms with Gasteiger partial charge < -0.3 is 4.98 Å². The van der Waals surface area contributed by atoms with Crippen molar-refractivity contribution in [1.82, 2.24) is 4.98 Å². The van der Waals surface area contributed by atoms with Crippen molar-refractivity contribution < 1.29 is 9.18 Å². The summed E-state index contributed by atoms with van der Waals surface area (Å²) in [6, 6.07) is 4.90.